The largest absolute Gasteiger partial charge is 0.378 e. The maximum absolute atomic E-state index is 13.4. The van der Waals surface area contributed by atoms with Crippen molar-refractivity contribution in [2.24, 2.45) is 11.8 Å². The lowest BCUT2D eigenvalue weighted by atomic mass is 9.81. The lowest BCUT2D eigenvalue weighted by molar-refractivity contribution is -0.145. The lowest BCUT2D eigenvalue weighted by Gasteiger charge is -2.39. The molecular formula is C26H33N5O5. The van der Waals surface area contributed by atoms with Crippen molar-refractivity contribution in [1.29, 1.82) is 5.26 Å². The molecule has 3 N–H and O–H groups in total. The first-order valence-electron chi connectivity index (χ1n) is 12.4. The van der Waals surface area contributed by atoms with Crippen LogP contribution in [0, 0.1) is 30.1 Å². The zero-order valence-corrected chi connectivity index (χ0v) is 20.5. The Labute approximate surface area is 210 Å². The first-order valence-corrected chi connectivity index (χ1v) is 12.4. The van der Waals surface area contributed by atoms with E-state index in [4.69, 9.17) is 10.00 Å². The molecule has 3 heterocycles. The van der Waals surface area contributed by atoms with Crippen molar-refractivity contribution in [2.45, 2.75) is 32.2 Å². The quantitative estimate of drug-likeness (QED) is 0.407. The number of amides is 3. The monoisotopic (exact) mass is 495 g/mol. The van der Waals surface area contributed by atoms with Gasteiger partial charge in [-0.3, -0.25) is 19.6 Å². The van der Waals surface area contributed by atoms with Crippen LogP contribution in [0.2, 0.25) is 0 Å². The molecule has 3 atom stereocenters. The van der Waals surface area contributed by atoms with Crippen LogP contribution in [0.25, 0.3) is 5.57 Å². The van der Waals surface area contributed by atoms with Crippen molar-refractivity contribution in [3.63, 3.8) is 0 Å². The zero-order valence-electron chi connectivity index (χ0n) is 20.5. The van der Waals surface area contributed by atoms with E-state index >= 15 is 0 Å². The van der Waals surface area contributed by atoms with Crippen LogP contribution >= 0.6 is 0 Å². The molecule has 0 radical (unpaired) electrons. The number of nitrogens with zero attached hydrogens (tertiary/aromatic N) is 3. The number of piperidine rings is 1. The smallest absolute Gasteiger partial charge is 0.248 e. The molecule has 0 unspecified atom stereocenters. The van der Waals surface area contributed by atoms with Crippen molar-refractivity contribution in [1.82, 2.24) is 20.6 Å². The normalized spacial score (nSPS) is 24.5. The second-order valence-corrected chi connectivity index (χ2v) is 9.67. The topological polar surface area (TPSA) is 135 Å². The number of hydrogen-bond donors (Lipinski definition) is 3. The molecule has 10 nitrogen and oxygen atoms in total. The minimum Gasteiger partial charge on any atom is -0.378 e. The van der Waals surface area contributed by atoms with Gasteiger partial charge in [0.1, 0.15) is 0 Å². The molecule has 4 rings (SSSR count). The van der Waals surface area contributed by atoms with E-state index in [0.717, 1.165) is 16.7 Å². The molecule has 0 aliphatic carbocycles. The van der Waals surface area contributed by atoms with Gasteiger partial charge in [-0.1, -0.05) is 12.1 Å². The second-order valence-electron chi connectivity index (χ2n) is 9.67. The molecule has 1 aromatic carbocycles. The van der Waals surface area contributed by atoms with Crippen molar-refractivity contribution >= 4 is 23.3 Å². The molecule has 0 bridgehead atoms. The van der Waals surface area contributed by atoms with Crippen LogP contribution < -0.4 is 10.8 Å². The highest BCUT2D eigenvalue weighted by Gasteiger charge is 2.41. The van der Waals surface area contributed by atoms with E-state index in [1.807, 2.05) is 25.1 Å². The molecule has 0 aromatic heterocycles. The van der Waals surface area contributed by atoms with Gasteiger partial charge in [0.15, 0.2) is 0 Å². The number of hydrogen-bond acceptors (Lipinski definition) is 7. The van der Waals surface area contributed by atoms with Gasteiger partial charge in [0.05, 0.1) is 36.8 Å². The van der Waals surface area contributed by atoms with Gasteiger partial charge in [0.25, 0.3) is 0 Å². The predicted molar refractivity (Wildman–Crippen MR) is 130 cm³/mol. The van der Waals surface area contributed by atoms with E-state index in [2.05, 4.69) is 11.4 Å². The van der Waals surface area contributed by atoms with Crippen molar-refractivity contribution in [2.75, 3.05) is 45.9 Å². The summed E-state index contributed by atoms with van der Waals surface area (Å²) in [6.45, 7) is 5.52. The molecule has 0 saturated carbocycles. The average molecular weight is 496 g/mol. The van der Waals surface area contributed by atoms with Crippen molar-refractivity contribution in [3.8, 4) is 6.07 Å². The van der Waals surface area contributed by atoms with Gasteiger partial charge >= 0.3 is 0 Å². The Bertz CT molecular complexity index is 1070. The van der Waals surface area contributed by atoms with Crippen LogP contribution in [0.3, 0.4) is 0 Å². The third-order valence-electron chi connectivity index (χ3n) is 7.38. The fraction of sp³-hybridized carbons (Fsp3) is 0.538. The minimum atomic E-state index is -0.773. The SMILES string of the molecule is Cc1cc(C#N)ccc1C1=CCN(C(=O)[C@H]2NC[C@@H](CC(=O)N3CCOCC3)C[C@@H]2C(=O)NO)CC1. The molecule has 192 valence electrons. The Balaban J connectivity index is 1.39. The summed E-state index contributed by atoms with van der Waals surface area (Å²) >= 11 is 0. The Morgan fingerprint density at radius 2 is 2.00 bits per heavy atom. The molecular weight excluding hydrogens is 462 g/mol. The molecule has 3 amide bonds. The van der Waals surface area contributed by atoms with E-state index in [1.54, 1.807) is 21.3 Å². The fourth-order valence-electron chi connectivity index (χ4n) is 5.36. The Morgan fingerprint density at radius 3 is 2.64 bits per heavy atom. The van der Waals surface area contributed by atoms with Crippen LogP contribution in [0.15, 0.2) is 24.3 Å². The van der Waals surface area contributed by atoms with Gasteiger partial charge < -0.3 is 19.9 Å². The third kappa shape index (κ3) is 5.75. The number of hydroxylamine groups is 1. The van der Waals surface area contributed by atoms with Gasteiger partial charge in [-0.05, 0) is 61.1 Å². The van der Waals surface area contributed by atoms with Crippen LogP contribution in [0.1, 0.15) is 36.0 Å². The summed E-state index contributed by atoms with van der Waals surface area (Å²) in [5, 5.41) is 21.6. The highest BCUT2D eigenvalue weighted by atomic mass is 16.5. The van der Waals surface area contributed by atoms with E-state index in [1.165, 1.54) is 0 Å². The third-order valence-corrected chi connectivity index (χ3v) is 7.38. The summed E-state index contributed by atoms with van der Waals surface area (Å²) < 4.78 is 5.30. The van der Waals surface area contributed by atoms with Gasteiger partial charge in [-0.25, -0.2) is 5.48 Å². The van der Waals surface area contributed by atoms with Crippen LogP contribution in [0.4, 0.5) is 0 Å². The van der Waals surface area contributed by atoms with Gasteiger partial charge in [0.2, 0.25) is 17.7 Å². The van der Waals surface area contributed by atoms with E-state index in [0.29, 0.717) is 64.3 Å². The van der Waals surface area contributed by atoms with Gasteiger partial charge in [0, 0.05) is 32.6 Å². The van der Waals surface area contributed by atoms with Crippen LogP contribution in [0.5, 0.6) is 0 Å². The molecule has 0 spiro atoms. The molecule has 36 heavy (non-hydrogen) atoms. The summed E-state index contributed by atoms with van der Waals surface area (Å²) in [7, 11) is 0. The number of nitrogens with one attached hydrogen (secondary N) is 2. The molecule has 10 heteroatoms. The van der Waals surface area contributed by atoms with E-state index in [-0.39, 0.29) is 24.2 Å². The van der Waals surface area contributed by atoms with Crippen LogP contribution in [-0.4, -0.2) is 84.7 Å². The van der Waals surface area contributed by atoms with Gasteiger partial charge in [-0.2, -0.15) is 5.26 Å². The number of ether oxygens (including phenoxy) is 1. The highest BCUT2D eigenvalue weighted by Crippen LogP contribution is 2.29. The number of morpholine rings is 1. The summed E-state index contributed by atoms with van der Waals surface area (Å²) in [4.78, 5) is 42.1. The Hall–Kier alpha value is -3.26. The molecule has 1 aromatic rings. The number of rotatable bonds is 5. The predicted octanol–water partition coefficient (Wildman–Crippen LogP) is 0.831. The van der Waals surface area contributed by atoms with Gasteiger partial charge in [-0.15, -0.1) is 0 Å². The zero-order chi connectivity index (χ0) is 25.7. The molecule has 2 saturated heterocycles. The first kappa shape index (κ1) is 25.8. The number of carbonyl (C=O) groups excluding carboxylic acids is 3. The maximum atomic E-state index is 13.4. The Kier molecular flexibility index (Phi) is 8.36. The number of aryl methyl sites for hydroxylation is 1. The maximum Gasteiger partial charge on any atom is 0.248 e. The molecule has 3 aliphatic heterocycles. The van der Waals surface area contributed by atoms with Crippen molar-refractivity contribution in [3.05, 3.63) is 41.0 Å². The second kappa shape index (κ2) is 11.6. The summed E-state index contributed by atoms with van der Waals surface area (Å²) in [6, 6.07) is 6.98. The minimum absolute atomic E-state index is 0.0184. The molecule has 2 fully saturated rings. The standard InChI is InChI=1S/C26H33N5O5/c1-17-12-18(15-27)2-3-21(17)20-4-6-31(7-5-20)26(34)24-22(25(33)29-35)13-19(16-28-24)14-23(32)30-8-10-36-11-9-30/h2-4,12,19,22,24,28,35H,5-11,13-14,16H2,1H3,(H,29,33)/t19-,22+,24+/m1/s1. The van der Waals surface area contributed by atoms with E-state index < -0.39 is 17.9 Å². The summed E-state index contributed by atoms with van der Waals surface area (Å²) in [5.74, 6) is -1.67. The Morgan fingerprint density at radius 1 is 1.22 bits per heavy atom. The highest BCUT2D eigenvalue weighted by molar-refractivity contribution is 5.90. The summed E-state index contributed by atoms with van der Waals surface area (Å²) in [5.41, 5.74) is 5.54. The summed E-state index contributed by atoms with van der Waals surface area (Å²) in [6.07, 6.45) is 3.30. The fourth-order valence-corrected chi connectivity index (χ4v) is 5.36. The number of carbonyl (C=O) groups is 3. The average Bonchev–Trinajstić information content (AvgIpc) is 2.92. The first-order chi connectivity index (χ1) is 17.4. The van der Waals surface area contributed by atoms with Crippen LogP contribution in [-0.2, 0) is 19.1 Å². The van der Waals surface area contributed by atoms with E-state index in [9.17, 15) is 19.6 Å². The number of benzene rings is 1. The number of nitriles is 1. The lowest BCUT2D eigenvalue weighted by Crippen LogP contribution is -2.59. The molecule has 3 aliphatic rings. The van der Waals surface area contributed by atoms with Crippen molar-refractivity contribution < 1.29 is 24.3 Å².